The second kappa shape index (κ2) is 5.92. The summed E-state index contributed by atoms with van der Waals surface area (Å²) in [6, 6.07) is 6.23. The molecule has 1 aliphatic rings. The summed E-state index contributed by atoms with van der Waals surface area (Å²) in [5.41, 5.74) is 1.16. The lowest BCUT2D eigenvalue weighted by Crippen LogP contribution is -2.26. The van der Waals surface area contributed by atoms with E-state index in [0.717, 1.165) is 31.0 Å². The molecule has 1 atom stereocenters. The summed E-state index contributed by atoms with van der Waals surface area (Å²) < 4.78 is 12.6. The lowest BCUT2D eigenvalue weighted by Gasteiger charge is -2.19. The van der Waals surface area contributed by atoms with Crippen LogP contribution in [0.1, 0.15) is 24.9 Å². The monoisotopic (exact) mass is 274 g/mol. The molecular formula is C14H18N4O2. The highest BCUT2D eigenvalue weighted by molar-refractivity contribution is 5.45. The molecule has 0 fully saturated rings. The Bertz CT molecular complexity index is 556. The van der Waals surface area contributed by atoms with E-state index in [0.29, 0.717) is 6.79 Å². The van der Waals surface area contributed by atoms with E-state index >= 15 is 0 Å². The first-order valence-electron chi connectivity index (χ1n) is 6.82. The van der Waals surface area contributed by atoms with Gasteiger partial charge in [-0.2, -0.15) is 5.10 Å². The molecule has 6 heteroatoms. The van der Waals surface area contributed by atoms with Crippen LogP contribution >= 0.6 is 0 Å². The molecule has 0 bridgehead atoms. The van der Waals surface area contributed by atoms with E-state index in [1.165, 1.54) is 5.56 Å². The third-order valence-corrected chi connectivity index (χ3v) is 3.28. The van der Waals surface area contributed by atoms with Crippen molar-refractivity contribution in [2.24, 2.45) is 0 Å². The number of rotatable bonds is 6. The van der Waals surface area contributed by atoms with Crippen molar-refractivity contribution in [1.29, 1.82) is 0 Å². The Morgan fingerprint density at radius 3 is 3.05 bits per heavy atom. The molecule has 2 aromatic rings. The molecule has 0 radical (unpaired) electrons. The topological polar surface area (TPSA) is 61.2 Å². The number of hydrogen-bond acceptors (Lipinski definition) is 5. The molecule has 20 heavy (non-hydrogen) atoms. The quantitative estimate of drug-likeness (QED) is 0.869. The van der Waals surface area contributed by atoms with Gasteiger partial charge in [0.25, 0.3) is 0 Å². The zero-order valence-corrected chi connectivity index (χ0v) is 11.5. The van der Waals surface area contributed by atoms with Crippen molar-refractivity contribution in [3.05, 3.63) is 36.4 Å². The van der Waals surface area contributed by atoms with Gasteiger partial charge in [0.2, 0.25) is 6.79 Å². The van der Waals surface area contributed by atoms with Crippen LogP contribution in [0.4, 0.5) is 0 Å². The maximum atomic E-state index is 5.44. The number of nitrogens with one attached hydrogen (secondary N) is 1. The molecule has 2 heterocycles. The smallest absolute Gasteiger partial charge is 0.231 e. The Kier molecular flexibility index (Phi) is 3.83. The van der Waals surface area contributed by atoms with Gasteiger partial charge in [-0.05, 0) is 30.7 Å². The summed E-state index contributed by atoms with van der Waals surface area (Å²) in [6.07, 6.45) is 4.36. The van der Waals surface area contributed by atoms with E-state index in [-0.39, 0.29) is 6.04 Å². The van der Waals surface area contributed by atoms with E-state index in [1.54, 1.807) is 12.7 Å². The molecule has 106 valence electrons. The number of ether oxygens (including phenoxy) is 2. The molecular weight excluding hydrogens is 256 g/mol. The SMILES string of the molecule is CCCNC(Cn1cncn1)c1ccc2c(c1)OCO2. The maximum Gasteiger partial charge on any atom is 0.231 e. The molecule has 0 amide bonds. The first-order valence-corrected chi connectivity index (χ1v) is 6.82. The third-order valence-electron chi connectivity index (χ3n) is 3.28. The molecule has 1 unspecified atom stereocenters. The fourth-order valence-electron chi connectivity index (χ4n) is 2.25. The zero-order valence-electron chi connectivity index (χ0n) is 11.5. The molecule has 0 aliphatic carbocycles. The number of aromatic nitrogens is 3. The summed E-state index contributed by atoms with van der Waals surface area (Å²) in [4.78, 5) is 3.99. The van der Waals surface area contributed by atoms with E-state index < -0.39 is 0 Å². The van der Waals surface area contributed by atoms with E-state index in [4.69, 9.17) is 9.47 Å². The van der Waals surface area contributed by atoms with E-state index in [1.807, 2.05) is 16.8 Å². The highest BCUT2D eigenvalue weighted by Gasteiger charge is 2.18. The highest BCUT2D eigenvalue weighted by Crippen LogP contribution is 2.34. The lowest BCUT2D eigenvalue weighted by molar-refractivity contribution is 0.174. The zero-order chi connectivity index (χ0) is 13.8. The van der Waals surface area contributed by atoms with Crippen LogP contribution in [0.2, 0.25) is 0 Å². The van der Waals surface area contributed by atoms with Gasteiger partial charge < -0.3 is 14.8 Å². The van der Waals surface area contributed by atoms with Gasteiger partial charge in [-0.1, -0.05) is 13.0 Å². The summed E-state index contributed by atoms with van der Waals surface area (Å²) in [6.45, 7) is 4.14. The second-order valence-electron chi connectivity index (χ2n) is 4.74. The van der Waals surface area contributed by atoms with E-state index in [9.17, 15) is 0 Å². The first-order chi connectivity index (χ1) is 9.86. The Hall–Kier alpha value is -2.08. The average molecular weight is 274 g/mol. The molecule has 0 saturated heterocycles. The van der Waals surface area contributed by atoms with Crippen molar-refractivity contribution in [1.82, 2.24) is 20.1 Å². The van der Waals surface area contributed by atoms with Crippen molar-refractivity contribution in [2.45, 2.75) is 25.9 Å². The van der Waals surface area contributed by atoms with Gasteiger partial charge in [-0.3, -0.25) is 4.68 Å². The van der Waals surface area contributed by atoms with Crippen LogP contribution < -0.4 is 14.8 Å². The molecule has 0 saturated carbocycles. The lowest BCUT2D eigenvalue weighted by atomic mass is 10.1. The molecule has 6 nitrogen and oxygen atoms in total. The largest absolute Gasteiger partial charge is 0.454 e. The van der Waals surface area contributed by atoms with Gasteiger partial charge in [0.15, 0.2) is 11.5 Å². The summed E-state index contributed by atoms with van der Waals surface area (Å²) in [5.74, 6) is 1.62. The minimum atomic E-state index is 0.172. The van der Waals surface area contributed by atoms with Crippen LogP contribution in [0.15, 0.2) is 30.9 Å². The molecule has 3 rings (SSSR count). The number of benzene rings is 1. The molecule has 0 spiro atoms. The normalized spacial score (nSPS) is 14.4. The van der Waals surface area contributed by atoms with Crippen molar-refractivity contribution in [3.63, 3.8) is 0 Å². The van der Waals surface area contributed by atoms with Gasteiger partial charge >= 0.3 is 0 Å². The minimum Gasteiger partial charge on any atom is -0.454 e. The Morgan fingerprint density at radius 2 is 2.25 bits per heavy atom. The average Bonchev–Trinajstić information content (AvgIpc) is 3.13. The van der Waals surface area contributed by atoms with Crippen molar-refractivity contribution < 1.29 is 9.47 Å². The van der Waals surface area contributed by atoms with Crippen molar-refractivity contribution >= 4 is 0 Å². The fourth-order valence-corrected chi connectivity index (χ4v) is 2.25. The van der Waals surface area contributed by atoms with Crippen LogP contribution in [0, 0.1) is 0 Å². The predicted octanol–water partition coefficient (Wildman–Crippen LogP) is 1.75. The van der Waals surface area contributed by atoms with Crippen LogP contribution in [-0.2, 0) is 6.54 Å². The Morgan fingerprint density at radius 1 is 1.35 bits per heavy atom. The Labute approximate surface area is 117 Å². The van der Waals surface area contributed by atoms with E-state index in [2.05, 4.69) is 28.4 Å². The summed E-state index contributed by atoms with van der Waals surface area (Å²) >= 11 is 0. The molecule has 1 aliphatic heterocycles. The third kappa shape index (κ3) is 2.75. The number of fused-ring (bicyclic) bond motifs is 1. The molecule has 1 aromatic carbocycles. The van der Waals surface area contributed by atoms with Crippen LogP contribution in [0.25, 0.3) is 0 Å². The van der Waals surface area contributed by atoms with Gasteiger partial charge in [0, 0.05) is 0 Å². The van der Waals surface area contributed by atoms with Crippen LogP contribution in [0.5, 0.6) is 11.5 Å². The second-order valence-corrected chi connectivity index (χ2v) is 4.74. The van der Waals surface area contributed by atoms with Gasteiger partial charge in [0.05, 0.1) is 12.6 Å². The summed E-state index contributed by atoms with van der Waals surface area (Å²) in [5, 5.41) is 7.70. The number of nitrogens with zero attached hydrogens (tertiary/aromatic N) is 3. The highest BCUT2D eigenvalue weighted by atomic mass is 16.7. The minimum absolute atomic E-state index is 0.172. The van der Waals surface area contributed by atoms with Crippen LogP contribution in [0.3, 0.4) is 0 Å². The standard InChI is InChI=1S/C14H18N4O2/c1-2-5-16-12(7-18-9-15-8-17-18)11-3-4-13-14(6-11)20-10-19-13/h3-4,6,8-9,12,16H,2,5,7,10H2,1H3. The first kappa shape index (κ1) is 12.9. The molecule has 1 N–H and O–H groups in total. The van der Waals surface area contributed by atoms with Gasteiger partial charge in [-0.15, -0.1) is 0 Å². The number of hydrogen-bond donors (Lipinski definition) is 1. The van der Waals surface area contributed by atoms with Gasteiger partial charge in [0.1, 0.15) is 12.7 Å². The summed E-state index contributed by atoms with van der Waals surface area (Å²) in [7, 11) is 0. The maximum absolute atomic E-state index is 5.44. The van der Waals surface area contributed by atoms with Crippen LogP contribution in [-0.4, -0.2) is 28.1 Å². The fraction of sp³-hybridized carbons (Fsp3) is 0.429. The molecule has 1 aromatic heterocycles. The Balaban J connectivity index is 1.80. The predicted molar refractivity (Wildman–Crippen MR) is 73.6 cm³/mol. The van der Waals surface area contributed by atoms with Gasteiger partial charge in [-0.25, -0.2) is 4.98 Å². The van der Waals surface area contributed by atoms with Crippen molar-refractivity contribution in [2.75, 3.05) is 13.3 Å². The van der Waals surface area contributed by atoms with Crippen molar-refractivity contribution in [3.8, 4) is 11.5 Å².